The zero-order valence-electron chi connectivity index (χ0n) is 25.4. The smallest absolute Gasteiger partial charge is 0.368 e. The SMILES string of the molecule is CCOP(=O)(OCC)C(=C[C@H]1O[C@@H](OCc2ccccc2)[C@H](NC(C)=O)[C@H]1OCc1ccccc1)P(=O)(OCC)OCC. The van der Waals surface area contributed by atoms with E-state index < -0.39 is 39.7 Å². The molecule has 13 heteroatoms. The van der Waals surface area contributed by atoms with Crippen molar-refractivity contribution in [1.82, 2.24) is 5.32 Å². The first-order valence-electron chi connectivity index (χ1n) is 14.4. The van der Waals surface area contributed by atoms with Gasteiger partial charge in [-0.05, 0) is 44.9 Å². The van der Waals surface area contributed by atoms with Crippen molar-refractivity contribution >= 4 is 21.1 Å². The Hall–Kier alpha value is -2.17. The van der Waals surface area contributed by atoms with E-state index in [2.05, 4.69) is 5.32 Å². The number of hydrogen-bond acceptors (Lipinski definition) is 10. The van der Waals surface area contributed by atoms with Gasteiger partial charge in [-0.25, -0.2) is 0 Å². The van der Waals surface area contributed by atoms with E-state index in [0.717, 1.165) is 11.1 Å². The van der Waals surface area contributed by atoms with Crippen molar-refractivity contribution in [2.75, 3.05) is 26.4 Å². The molecule has 1 aliphatic heterocycles. The summed E-state index contributed by atoms with van der Waals surface area (Å²) < 4.78 is 69.6. The minimum absolute atomic E-state index is 0.00363. The van der Waals surface area contributed by atoms with Gasteiger partial charge in [-0.15, -0.1) is 0 Å². The van der Waals surface area contributed by atoms with E-state index in [1.165, 1.54) is 13.0 Å². The second kappa shape index (κ2) is 17.4. The van der Waals surface area contributed by atoms with Crippen molar-refractivity contribution in [2.45, 2.75) is 72.4 Å². The van der Waals surface area contributed by atoms with Crippen LogP contribution < -0.4 is 5.32 Å². The second-order valence-electron chi connectivity index (χ2n) is 9.44. The minimum Gasteiger partial charge on any atom is -0.368 e. The van der Waals surface area contributed by atoms with Gasteiger partial charge in [0.25, 0.3) is 0 Å². The number of carbonyl (C=O) groups excluding carboxylic acids is 1. The first kappa shape index (κ1) is 35.3. The number of ether oxygens (including phenoxy) is 3. The number of benzene rings is 2. The van der Waals surface area contributed by atoms with Gasteiger partial charge in [-0.1, -0.05) is 60.7 Å². The molecular formula is C30H43NO10P2. The van der Waals surface area contributed by atoms with Gasteiger partial charge in [0.15, 0.2) is 11.3 Å². The van der Waals surface area contributed by atoms with Crippen LogP contribution in [0.1, 0.15) is 45.7 Å². The fourth-order valence-electron chi connectivity index (χ4n) is 4.55. The Morgan fingerprint density at radius 2 is 1.21 bits per heavy atom. The van der Waals surface area contributed by atoms with Crippen LogP contribution in [0, 0.1) is 0 Å². The van der Waals surface area contributed by atoms with Crippen molar-refractivity contribution in [2.24, 2.45) is 0 Å². The van der Waals surface area contributed by atoms with Gasteiger partial charge in [0.2, 0.25) is 5.91 Å². The average Bonchev–Trinajstić information content (AvgIpc) is 3.30. The number of hydrogen-bond donors (Lipinski definition) is 1. The minimum atomic E-state index is -4.21. The van der Waals surface area contributed by atoms with Gasteiger partial charge in [-0.2, -0.15) is 0 Å². The maximum Gasteiger partial charge on any atom is 0.369 e. The third-order valence-corrected chi connectivity index (χ3v) is 11.5. The van der Waals surface area contributed by atoms with Crippen LogP contribution in [0.4, 0.5) is 0 Å². The van der Waals surface area contributed by atoms with Gasteiger partial charge in [-0.3, -0.25) is 13.9 Å². The van der Waals surface area contributed by atoms with Gasteiger partial charge in [0, 0.05) is 6.92 Å². The van der Waals surface area contributed by atoms with Crippen LogP contribution in [0.5, 0.6) is 0 Å². The summed E-state index contributed by atoms with van der Waals surface area (Å²) in [7, 11) is -8.42. The zero-order valence-corrected chi connectivity index (χ0v) is 27.2. The highest BCUT2D eigenvalue weighted by atomic mass is 31.2. The van der Waals surface area contributed by atoms with E-state index in [4.69, 9.17) is 32.3 Å². The molecule has 3 rings (SSSR count). The van der Waals surface area contributed by atoms with E-state index >= 15 is 0 Å². The Balaban J connectivity index is 2.11. The number of nitrogens with one attached hydrogen (secondary N) is 1. The van der Waals surface area contributed by atoms with Gasteiger partial charge in [0.05, 0.1) is 39.6 Å². The van der Waals surface area contributed by atoms with E-state index in [1.54, 1.807) is 27.7 Å². The monoisotopic (exact) mass is 639 g/mol. The third-order valence-electron chi connectivity index (χ3n) is 6.25. The molecule has 0 aliphatic carbocycles. The largest absolute Gasteiger partial charge is 0.369 e. The van der Waals surface area contributed by atoms with Crippen LogP contribution in [-0.2, 0) is 59.4 Å². The summed E-state index contributed by atoms with van der Waals surface area (Å²) in [5.41, 5.74) is 1.77. The number of carbonyl (C=O) groups is 1. The summed E-state index contributed by atoms with van der Waals surface area (Å²) in [5, 5.41) is 2.59. The highest BCUT2D eigenvalue weighted by molar-refractivity contribution is 7.78. The van der Waals surface area contributed by atoms with Crippen LogP contribution in [0.2, 0.25) is 0 Å². The van der Waals surface area contributed by atoms with Gasteiger partial charge < -0.3 is 37.6 Å². The van der Waals surface area contributed by atoms with Crippen molar-refractivity contribution in [1.29, 1.82) is 0 Å². The van der Waals surface area contributed by atoms with Crippen LogP contribution >= 0.6 is 15.2 Å². The van der Waals surface area contributed by atoms with Gasteiger partial charge >= 0.3 is 15.2 Å². The molecule has 11 nitrogen and oxygen atoms in total. The molecule has 0 aromatic heterocycles. The molecule has 43 heavy (non-hydrogen) atoms. The normalized spacial score (nSPS) is 20.6. The van der Waals surface area contributed by atoms with Crippen molar-refractivity contribution in [3.05, 3.63) is 82.9 Å². The maximum atomic E-state index is 14.2. The second-order valence-corrected chi connectivity index (χ2v) is 13.8. The molecule has 4 atom stereocenters. The summed E-state index contributed by atoms with van der Waals surface area (Å²) in [6.07, 6.45) is -1.51. The molecule has 0 spiro atoms. The molecular weight excluding hydrogens is 596 g/mol. The molecule has 1 saturated heterocycles. The summed E-state index contributed by atoms with van der Waals surface area (Å²) >= 11 is 0. The van der Waals surface area contributed by atoms with Crippen LogP contribution in [0.15, 0.2) is 71.8 Å². The Kier molecular flexibility index (Phi) is 14.2. The third kappa shape index (κ3) is 9.91. The van der Waals surface area contributed by atoms with Crippen LogP contribution in [0.25, 0.3) is 0 Å². The molecule has 1 amide bonds. The lowest BCUT2D eigenvalue weighted by Gasteiger charge is -2.28. The molecule has 1 aliphatic rings. The molecule has 2 aromatic rings. The lowest BCUT2D eigenvalue weighted by atomic mass is 10.1. The molecule has 0 radical (unpaired) electrons. The first-order chi connectivity index (χ1) is 20.7. The van der Waals surface area contributed by atoms with E-state index in [9.17, 15) is 13.9 Å². The predicted octanol–water partition coefficient (Wildman–Crippen LogP) is 6.39. The highest BCUT2D eigenvalue weighted by Gasteiger charge is 2.51. The molecule has 0 bridgehead atoms. The lowest BCUT2D eigenvalue weighted by Crippen LogP contribution is -2.48. The van der Waals surface area contributed by atoms with Crippen molar-refractivity contribution < 1.29 is 46.2 Å². The molecule has 0 unspecified atom stereocenters. The standard InChI is InChI=1S/C30H43NO10P2/c1-6-37-42(33,38-7-2)27(43(34,39-8-3)40-9-4)20-26-29(35-21-24-16-12-10-13-17-24)28(31-23(5)32)30(41-26)36-22-25-18-14-11-15-19-25/h10-20,26,28-30H,6-9,21-22H2,1-5H3,(H,31,32)/t26-,28-,29+,30-/m1/s1. The fraction of sp³-hybridized carbons (Fsp3) is 0.500. The molecule has 2 aromatic carbocycles. The number of amides is 1. The molecule has 1 heterocycles. The maximum absolute atomic E-state index is 14.2. The van der Waals surface area contributed by atoms with E-state index in [-0.39, 0.29) is 50.6 Å². The van der Waals surface area contributed by atoms with Crippen LogP contribution in [0.3, 0.4) is 0 Å². The summed E-state index contributed by atoms with van der Waals surface area (Å²) in [5.74, 6) is -0.330. The summed E-state index contributed by atoms with van der Waals surface area (Å²) in [4.78, 5) is 12.4. The summed E-state index contributed by atoms with van der Waals surface area (Å²) in [6.45, 7) is 8.33. The Morgan fingerprint density at radius 1 is 0.767 bits per heavy atom. The van der Waals surface area contributed by atoms with E-state index in [1.807, 2.05) is 60.7 Å². The quantitative estimate of drug-likeness (QED) is 0.183. The first-order valence-corrected chi connectivity index (χ1v) is 17.5. The fourth-order valence-corrected chi connectivity index (χ4v) is 9.14. The Bertz CT molecular complexity index is 1210. The predicted molar refractivity (Wildman–Crippen MR) is 162 cm³/mol. The Labute approximate surface area is 254 Å². The van der Waals surface area contributed by atoms with Crippen molar-refractivity contribution in [3.63, 3.8) is 0 Å². The zero-order chi connectivity index (χ0) is 31.3. The summed E-state index contributed by atoms with van der Waals surface area (Å²) in [6, 6.07) is 18.2. The van der Waals surface area contributed by atoms with Crippen molar-refractivity contribution in [3.8, 4) is 0 Å². The molecule has 0 saturated carbocycles. The lowest BCUT2D eigenvalue weighted by molar-refractivity contribution is -0.145. The molecule has 1 N–H and O–H groups in total. The highest BCUT2D eigenvalue weighted by Crippen LogP contribution is 2.74. The van der Waals surface area contributed by atoms with Crippen LogP contribution in [-0.4, -0.2) is 56.9 Å². The topological polar surface area (TPSA) is 128 Å². The van der Waals surface area contributed by atoms with Gasteiger partial charge in [0.1, 0.15) is 18.2 Å². The molecule has 1 fully saturated rings. The average molecular weight is 640 g/mol. The van der Waals surface area contributed by atoms with E-state index in [0.29, 0.717) is 0 Å². The Morgan fingerprint density at radius 3 is 1.63 bits per heavy atom. The number of rotatable bonds is 18. The molecule has 238 valence electrons.